The Balaban J connectivity index is 2.38. The molecular formula is C13H19FN4. The SMILES string of the molecule is CC(CCN(C)C)n1c(N)nc2c(F)cccc21. The second kappa shape index (κ2) is 4.94. The summed E-state index contributed by atoms with van der Waals surface area (Å²) < 4.78 is 15.5. The van der Waals surface area contributed by atoms with Gasteiger partial charge in [0.1, 0.15) is 5.52 Å². The average Bonchev–Trinajstić information content (AvgIpc) is 2.64. The molecule has 1 heterocycles. The minimum Gasteiger partial charge on any atom is -0.369 e. The third-order valence-corrected chi connectivity index (χ3v) is 3.13. The van der Waals surface area contributed by atoms with Crippen LogP contribution < -0.4 is 5.73 Å². The summed E-state index contributed by atoms with van der Waals surface area (Å²) >= 11 is 0. The Morgan fingerprint density at radius 1 is 1.44 bits per heavy atom. The van der Waals surface area contributed by atoms with Crippen LogP contribution in [0.4, 0.5) is 10.3 Å². The Morgan fingerprint density at radius 2 is 2.17 bits per heavy atom. The van der Waals surface area contributed by atoms with Crippen LogP contribution in [-0.2, 0) is 0 Å². The van der Waals surface area contributed by atoms with Crippen molar-refractivity contribution < 1.29 is 4.39 Å². The normalized spacial score (nSPS) is 13.4. The molecule has 0 aliphatic heterocycles. The van der Waals surface area contributed by atoms with E-state index >= 15 is 0 Å². The zero-order valence-electron chi connectivity index (χ0n) is 11.0. The number of anilines is 1. The topological polar surface area (TPSA) is 47.1 Å². The van der Waals surface area contributed by atoms with Gasteiger partial charge in [0.05, 0.1) is 5.52 Å². The number of rotatable bonds is 4. The van der Waals surface area contributed by atoms with Crippen molar-refractivity contribution in [3.05, 3.63) is 24.0 Å². The van der Waals surface area contributed by atoms with Crippen molar-refractivity contribution >= 4 is 17.0 Å². The molecule has 1 aromatic carbocycles. The molecule has 4 nitrogen and oxygen atoms in total. The largest absolute Gasteiger partial charge is 0.369 e. The summed E-state index contributed by atoms with van der Waals surface area (Å²) in [5.74, 6) is 0.0547. The van der Waals surface area contributed by atoms with E-state index in [1.807, 2.05) is 24.7 Å². The van der Waals surface area contributed by atoms with Crippen molar-refractivity contribution in [2.75, 3.05) is 26.4 Å². The minimum absolute atomic E-state index is 0.194. The maximum atomic E-state index is 13.6. The summed E-state index contributed by atoms with van der Waals surface area (Å²) in [6, 6.07) is 5.14. The summed E-state index contributed by atoms with van der Waals surface area (Å²) in [6.07, 6.45) is 0.944. The molecule has 2 N–H and O–H groups in total. The number of nitrogen functional groups attached to an aromatic ring is 1. The van der Waals surface area contributed by atoms with Crippen LogP contribution in [0.1, 0.15) is 19.4 Å². The number of hydrogen-bond acceptors (Lipinski definition) is 3. The molecule has 1 unspecified atom stereocenters. The molecule has 0 fully saturated rings. The van der Waals surface area contributed by atoms with Crippen LogP contribution in [0.2, 0.25) is 0 Å². The molecule has 0 amide bonds. The number of imidazole rings is 1. The van der Waals surface area contributed by atoms with Gasteiger partial charge in [-0.3, -0.25) is 0 Å². The number of aromatic nitrogens is 2. The lowest BCUT2D eigenvalue weighted by molar-refractivity contribution is 0.362. The summed E-state index contributed by atoms with van der Waals surface area (Å²) in [6.45, 7) is 3.03. The summed E-state index contributed by atoms with van der Waals surface area (Å²) in [4.78, 5) is 6.23. The Morgan fingerprint density at radius 3 is 2.83 bits per heavy atom. The molecule has 1 aromatic heterocycles. The van der Waals surface area contributed by atoms with Gasteiger partial charge in [0.2, 0.25) is 5.95 Å². The first-order valence-electron chi connectivity index (χ1n) is 6.07. The van der Waals surface area contributed by atoms with Gasteiger partial charge in [0, 0.05) is 6.04 Å². The van der Waals surface area contributed by atoms with Crippen LogP contribution in [-0.4, -0.2) is 35.1 Å². The maximum Gasteiger partial charge on any atom is 0.201 e. The second-order valence-corrected chi connectivity index (χ2v) is 4.89. The van der Waals surface area contributed by atoms with Crippen molar-refractivity contribution in [1.82, 2.24) is 14.5 Å². The number of halogens is 1. The lowest BCUT2D eigenvalue weighted by Crippen LogP contribution is -2.18. The molecule has 0 aliphatic carbocycles. The summed E-state index contributed by atoms with van der Waals surface area (Å²) in [5.41, 5.74) is 7.02. The van der Waals surface area contributed by atoms with E-state index in [0.717, 1.165) is 18.5 Å². The van der Waals surface area contributed by atoms with Gasteiger partial charge >= 0.3 is 0 Å². The molecule has 2 aromatic rings. The van der Waals surface area contributed by atoms with Gasteiger partial charge in [0.25, 0.3) is 0 Å². The molecule has 5 heteroatoms. The minimum atomic E-state index is -0.322. The van der Waals surface area contributed by atoms with Crippen LogP contribution in [0.25, 0.3) is 11.0 Å². The third kappa shape index (κ3) is 2.31. The number of fused-ring (bicyclic) bond motifs is 1. The molecule has 0 radical (unpaired) electrons. The zero-order chi connectivity index (χ0) is 13.3. The number of nitrogens with zero attached hydrogens (tertiary/aromatic N) is 3. The first kappa shape index (κ1) is 12.8. The van der Waals surface area contributed by atoms with Gasteiger partial charge in [-0.1, -0.05) is 6.07 Å². The number of nitrogens with two attached hydrogens (primary N) is 1. The lowest BCUT2D eigenvalue weighted by atomic mass is 10.2. The Bertz CT molecular complexity index is 547. The van der Waals surface area contributed by atoms with Crippen LogP contribution in [0, 0.1) is 5.82 Å². The molecule has 0 bridgehead atoms. The predicted octanol–water partition coefficient (Wildman–Crippen LogP) is 2.27. The van der Waals surface area contributed by atoms with Crippen LogP contribution >= 0.6 is 0 Å². The van der Waals surface area contributed by atoms with E-state index in [1.165, 1.54) is 6.07 Å². The first-order chi connectivity index (χ1) is 8.50. The average molecular weight is 250 g/mol. The highest BCUT2D eigenvalue weighted by Crippen LogP contribution is 2.26. The van der Waals surface area contributed by atoms with Gasteiger partial charge in [-0.05, 0) is 46.1 Å². The molecule has 2 rings (SSSR count). The lowest BCUT2D eigenvalue weighted by Gasteiger charge is -2.18. The van der Waals surface area contributed by atoms with E-state index < -0.39 is 0 Å². The van der Waals surface area contributed by atoms with Gasteiger partial charge in [-0.2, -0.15) is 0 Å². The number of hydrogen-bond donors (Lipinski definition) is 1. The summed E-state index contributed by atoms with van der Waals surface area (Å²) in [7, 11) is 4.06. The predicted molar refractivity (Wildman–Crippen MR) is 72.0 cm³/mol. The molecule has 18 heavy (non-hydrogen) atoms. The molecule has 0 aliphatic rings. The monoisotopic (exact) mass is 250 g/mol. The first-order valence-corrected chi connectivity index (χ1v) is 6.07. The molecule has 98 valence electrons. The van der Waals surface area contributed by atoms with E-state index in [-0.39, 0.29) is 11.9 Å². The quantitative estimate of drug-likeness (QED) is 0.905. The van der Waals surface area contributed by atoms with Gasteiger partial charge in [-0.15, -0.1) is 0 Å². The fourth-order valence-electron chi connectivity index (χ4n) is 2.14. The van der Waals surface area contributed by atoms with E-state index in [2.05, 4.69) is 16.8 Å². The van der Waals surface area contributed by atoms with Gasteiger partial charge in [0.15, 0.2) is 5.82 Å². The van der Waals surface area contributed by atoms with Crippen molar-refractivity contribution in [3.8, 4) is 0 Å². The van der Waals surface area contributed by atoms with Gasteiger partial charge in [-0.25, -0.2) is 9.37 Å². The third-order valence-electron chi connectivity index (χ3n) is 3.13. The fourth-order valence-corrected chi connectivity index (χ4v) is 2.14. The highest BCUT2D eigenvalue weighted by molar-refractivity contribution is 5.79. The van der Waals surface area contributed by atoms with Crippen molar-refractivity contribution in [2.24, 2.45) is 0 Å². The Hall–Kier alpha value is -1.62. The van der Waals surface area contributed by atoms with Crippen LogP contribution in [0.15, 0.2) is 18.2 Å². The Kier molecular flexibility index (Phi) is 3.52. The second-order valence-electron chi connectivity index (χ2n) is 4.89. The van der Waals surface area contributed by atoms with E-state index in [4.69, 9.17) is 5.73 Å². The van der Waals surface area contributed by atoms with E-state index in [9.17, 15) is 4.39 Å². The zero-order valence-corrected chi connectivity index (χ0v) is 11.0. The number of benzene rings is 1. The Labute approximate surface area is 106 Å². The molecule has 0 spiro atoms. The maximum absolute atomic E-state index is 13.6. The molecular weight excluding hydrogens is 231 g/mol. The molecule has 0 saturated carbocycles. The number of para-hydroxylation sites is 1. The standard InChI is InChI=1S/C13H19FN4/c1-9(7-8-17(2)3)18-11-6-4-5-10(14)12(11)16-13(18)15/h4-6,9H,7-8H2,1-3H3,(H2,15,16). The highest BCUT2D eigenvalue weighted by atomic mass is 19.1. The summed E-state index contributed by atoms with van der Waals surface area (Å²) in [5, 5.41) is 0. The van der Waals surface area contributed by atoms with Crippen LogP contribution in [0.3, 0.4) is 0 Å². The van der Waals surface area contributed by atoms with Crippen molar-refractivity contribution in [3.63, 3.8) is 0 Å². The van der Waals surface area contributed by atoms with Crippen molar-refractivity contribution in [1.29, 1.82) is 0 Å². The van der Waals surface area contributed by atoms with Crippen molar-refractivity contribution in [2.45, 2.75) is 19.4 Å². The smallest absolute Gasteiger partial charge is 0.201 e. The fraction of sp³-hybridized carbons (Fsp3) is 0.462. The van der Waals surface area contributed by atoms with E-state index in [1.54, 1.807) is 6.07 Å². The van der Waals surface area contributed by atoms with Crippen LogP contribution in [0.5, 0.6) is 0 Å². The molecule has 0 saturated heterocycles. The van der Waals surface area contributed by atoms with E-state index in [0.29, 0.717) is 11.5 Å². The highest BCUT2D eigenvalue weighted by Gasteiger charge is 2.16. The molecule has 1 atom stereocenters. The van der Waals surface area contributed by atoms with Gasteiger partial charge < -0.3 is 15.2 Å².